The first-order valence-corrected chi connectivity index (χ1v) is 10.6. The van der Waals surface area contributed by atoms with Crippen molar-refractivity contribution in [2.45, 2.75) is 64.7 Å². The summed E-state index contributed by atoms with van der Waals surface area (Å²) in [5.41, 5.74) is 5.27. The minimum atomic E-state index is 0.501. The van der Waals surface area contributed by atoms with Gasteiger partial charge in [-0.3, -0.25) is 0 Å². The van der Waals surface area contributed by atoms with Crippen LogP contribution < -0.4 is 0 Å². The molecule has 25 heavy (non-hydrogen) atoms. The zero-order valence-corrected chi connectivity index (χ0v) is 15.9. The van der Waals surface area contributed by atoms with Gasteiger partial charge in [0.1, 0.15) is 0 Å². The van der Waals surface area contributed by atoms with Gasteiger partial charge in [-0.05, 0) is 86.0 Å². The lowest BCUT2D eigenvalue weighted by Crippen LogP contribution is -2.42. The van der Waals surface area contributed by atoms with E-state index in [4.69, 9.17) is 0 Å². The fourth-order valence-corrected chi connectivity index (χ4v) is 6.94. The Morgan fingerprint density at radius 3 is 2.72 bits per heavy atom. The van der Waals surface area contributed by atoms with Crippen LogP contribution in [0.5, 0.6) is 0 Å². The Bertz CT molecular complexity index is 706. The van der Waals surface area contributed by atoms with Gasteiger partial charge in [0.2, 0.25) is 0 Å². The van der Waals surface area contributed by atoms with E-state index in [0.29, 0.717) is 5.41 Å². The molecule has 0 nitrogen and oxygen atoms in total. The predicted molar refractivity (Wildman–Crippen MR) is 106 cm³/mol. The molecule has 6 atom stereocenters. The molecule has 0 aromatic heterocycles. The van der Waals surface area contributed by atoms with Gasteiger partial charge in [0.15, 0.2) is 0 Å². The molecule has 1 unspecified atom stereocenters. The van der Waals surface area contributed by atoms with Gasteiger partial charge in [-0.15, -0.1) is 0 Å². The van der Waals surface area contributed by atoms with Gasteiger partial charge in [-0.2, -0.15) is 0 Å². The van der Waals surface area contributed by atoms with Crippen molar-refractivity contribution in [3.63, 3.8) is 0 Å². The molecule has 4 aliphatic rings. The lowest BCUT2D eigenvalue weighted by molar-refractivity contribution is 0.100. The molecule has 0 N–H and O–H groups in total. The first kappa shape index (κ1) is 15.9. The molecule has 1 aromatic rings. The average Bonchev–Trinajstić information content (AvgIpc) is 3.03. The third-order valence-electron chi connectivity index (χ3n) is 8.20. The van der Waals surface area contributed by atoms with Gasteiger partial charge in [0.05, 0.1) is 0 Å². The van der Waals surface area contributed by atoms with E-state index in [1.54, 1.807) is 11.1 Å². The third kappa shape index (κ3) is 2.47. The number of hydrogen-bond acceptors (Lipinski definition) is 0. The highest BCUT2D eigenvalue weighted by Crippen LogP contribution is 2.60. The molecule has 4 aliphatic carbocycles. The molecule has 0 radical (unpaired) electrons. The highest BCUT2D eigenvalue weighted by Gasteiger charge is 2.50. The van der Waals surface area contributed by atoms with Crippen molar-refractivity contribution in [2.24, 2.45) is 29.1 Å². The summed E-state index contributed by atoms with van der Waals surface area (Å²) in [5, 5.41) is 0. The Balaban J connectivity index is 1.53. The molecule has 2 saturated carbocycles. The molecule has 2 fully saturated rings. The van der Waals surface area contributed by atoms with Gasteiger partial charge >= 0.3 is 0 Å². The standard InChI is InChI=1S/C25H32/c1-17-8-10-18(11-9-17)20-6-3-5-19-12-13-21-22(24(19)20)14-16-25(2)15-4-7-23(21)25/h8-12,14,16,20-24H,3-7,13,15H2,1-2H3/t20?,21-,22+,23+,24-,25+/m1/s1. The van der Waals surface area contributed by atoms with Crippen molar-refractivity contribution in [1.29, 1.82) is 0 Å². The van der Waals surface area contributed by atoms with E-state index in [2.05, 4.69) is 56.3 Å². The maximum atomic E-state index is 2.68. The topological polar surface area (TPSA) is 0 Å². The van der Waals surface area contributed by atoms with E-state index in [-0.39, 0.29) is 0 Å². The lowest BCUT2D eigenvalue weighted by Gasteiger charge is -2.51. The van der Waals surface area contributed by atoms with Gasteiger partial charge in [-0.25, -0.2) is 0 Å². The highest BCUT2D eigenvalue weighted by atomic mass is 14.5. The van der Waals surface area contributed by atoms with Gasteiger partial charge in [-0.1, -0.05) is 67.0 Å². The van der Waals surface area contributed by atoms with Gasteiger partial charge < -0.3 is 0 Å². The van der Waals surface area contributed by atoms with E-state index in [1.165, 1.54) is 50.5 Å². The van der Waals surface area contributed by atoms with E-state index in [1.807, 2.05) is 0 Å². The van der Waals surface area contributed by atoms with Crippen LogP contribution in [-0.4, -0.2) is 0 Å². The maximum Gasteiger partial charge on any atom is -0.00685 e. The Labute approximate surface area is 153 Å². The van der Waals surface area contributed by atoms with Crippen LogP contribution in [0.25, 0.3) is 0 Å². The monoisotopic (exact) mass is 332 g/mol. The van der Waals surface area contributed by atoms with Crippen LogP contribution >= 0.6 is 0 Å². The quantitative estimate of drug-likeness (QED) is 0.495. The summed E-state index contributed by atoms with van der Waals surface area (Å²) in [5.74, 6) is 4.14. The van der Waals surface area contributed by atoms with Gasteiger partial charge in [0.25, 0.3) is 0 Å². The Hall–Kier alpha value is -1.30. The molecule has 0 amide bonds. The Kier molecular flexibility index (Phi) is 3.73. The Morgan fingerprint density at radius 1 is 1.04 bits per heavy atom. The highest BCUT2D eigenvalue weighted by molar-refractivity contribution is 5.33. The minimum Gasteiger partial charge on any atom is -0.0847 e. The number of allylic oxidation sites excluding steroid dienone is 4. The fourth-order valence-electron chi connectivity index (χ4n) is 6.94. The number of benzene rings is 1. The van der Waals surface area contributed by atoms with Crippen molar-refractivity contribution >= 4 is 0 Å². The molecule has 1 aromatic carbocycles. The van der Waals surface area contributed by atoms with Crippen molar-refractivity contribution in [3.05, 3.63) is 59.2 Å². The SMILES string of the molecule is Cc1ccc(C2CCCC3=CC[C@@H]4[C@H](C=C[C@]5(C)CCC[C@@H]45)[C@H]32)cc1. The van der Waals surface area contributed by atoms with Crippen LogP contribution in [-0.2, 0) is 0 Å². The van der Waals surface area contributed by atoms with Gasteiger partial charge in [0, 0.05) is 0 Å². The minimum absolute atomic E-state index is 0.501. The number of aryl methyl sites for hydroxylation is 1. The van der Waals surface area contributed by atoms with E-state index < -0.39 is 0 Å². The van der Waals surface area contributed by atoms with Crippen LogP contribution in [0.3, 0.4) is 0 Å². The molecule has 0 saturated heterocycles. The van der Waals surface area contributed by atoms with Crippen molar-refractivity contribution in [1.82, 2.24) is 0 Å². The summed E-state index contributed by atoms with van der Waals surface area (Å²) in [6.07, 6.45) is 17.8. The smallest absolute Gasteiger partial charge is 0.00685 e. The normalized spacial score (nSPS) is 42.3. The summed E-state index contributed by atoms with van der Waals surface area (Å²) in [6, 6.07) is 9.47. The number of fused-ring (bicyclic) bond motifs is 5. The summed E-state index contributed by atoms with van der Waals surface area (Å²) in [7, 11) is 0. The van der Waals surface area contributed by atoms with Crippen molar-refractivity contribution < 1.29 is 0 Å². The molecule has 0 spiro atoms. The molecule has 0 aliphatic heterocycles. The maximum absolute atomic E-state index is 2.68. The van der Waals surface area contributed by atoms with Crippen LogP contribution in [0.4, 0.5) is 0 Å². The fraction of sp³-hybridized carbons (Fsp3) is 0.600. The average molecular weight is 333 g/mol. The first-order chi connectivity index (χ1) is 12.2. The van der Waals surface area contributed by atoms with E-state index in [9.17, 15) is 0 Å². The van der Waals surface area contributed by atoms with Crippen LogP contribution in [0.2, 0.25) is 0 Å². The summed E-state index contributed by atoms with van der Waals surface area (Å²) >= 11 is 0. The van der Waals surface area contributed by atoms with E-state index >= 15 is 0 Å². The zero-order chi connectivity index (χ0) is 17.0. The first-order valence-electron chi connectivity index (χ1n) is 10.6. The summed E-state index contributed by atoms with van der Waals surface area (Å²) in [4.78, 5) is 0. The molecule has 132 valence electrons. The summed E-state index contributed by atoms with van der Waals surface area (Å²) in [6.45, 7) is 4.74. The van der Waals surface area contributed by atoms with Crippen LogP contribution in [0, 0.1) is 36.0 Å². The van der Waals surface area contributed by atoms with Crippen molar-refractivity contribution in [2.75, 3.05) is 0 Å². The second-order valence-electron chi connectivity index (χ2n) is 9.55. The third-order valence-corrected chi connectivity index (χ3v) is 8.20. The largest absolute Gasteiger partial charge is 0.0847 e. The van der Waals surface area contributed by atoms with Crippen LogP contribution in [0.15, 0.2) is 48.1 Å². The van der Waals surface area contributed by atoms with Crippen molar-refractivity contribution in [3.8, 4) is 0 Å². The number of rotatable bonds is 1. The Morgan fingerprint density at radius 2 is 1.88 bits per heavy atom. The molecular weight excluding hydrogens is 300 g/mol. The van der Waals surface area contributed by atoms with Crippen LogP contribution in [0.1, 0.15) is 68.9 Å². The molecule has 0 heteroatoms. The summed E-state index contributed by atoms with van der Waals surface area (Å²) < 4.78 is 0. The zero-order valence-electron chi connectivity index (χ0n) is 15.9. The molecule has 5 rings (SSSR count). The molecule has 0 heterocycles. The predicted octanol–water partition coefficient (Wildman–Crippen LogP) is 6.82. The van der Waals surface area contributed by atoms with E-state index in [0.717, 1.165) is 29.6 Å². The lowest BCUT2D eigenvalue weighted by atomic mass is 9.53. The second kappa shape index (κ2) is 5.86. The molecule has 0 bridgehead atoms. The second-order valence-corrected chi connectivity index (χ2v) is 9.55. The number of hydrogen-bond donors (Lipinski definition) is 0. The molecular formula is C25H32.